The minimum Gasteiger partial charge on any atom is -0.478 e. The number of carboxylic acids is 1. The van der Waals surface area contributed by atoms with Crippen LogP contribution < -0.4 is 11.1 Å². The number of piperidine rings is 1. The van der Waals surface area contributed by atoms with Gasteiger partial charge in [0.15, 0.2) is 0 Å². The first-order chi connectivity index (χ1) is 8.97. The maximum absolute atomic E-state index is 11.2. The zero-order valence-corrected chi connectivity index (χ0v) is 11.4. The average molecular weight is 263 g/mol. The van der Waals surface area contributed by atoms with Crippen molar-refractivity contribution in [2.45, 2.75) is 19.4 Å². The molecule has 19 heavy (non-hydrogen) atoms. The van der Waals surface area contributed by atoms with Crippen LogP contribution in [0.25, 0.3) is 0 Å². The summed E-state index contributed by atoms with van der Waals surface area (Å²) < 4.78 is 0. The Bertz CT molecular complexity index is 476. The first-order valence-corrected chi connectivity index (χ1v) is 6.55. The highest BCUT2D eigenvalue weighted by Crippen LogP contribution is 2.24. The summed E-state index contributed by atoms with van der Waals surface area (Å²) in [7, 11) is 2.11. The summed E-state index contributed by atoms with van der Waals surface area (Å²) >= 11 is 0. The molecule has 1 saturated heterocycles. The zero-order valence-electron chi connectivity index (χ0n) is 11.4. The third kappa shape index (κ3) is 3.17. The van der Waals surface area contributed by atoms with E-state index in [0.29, 0.717) is 23.3 Å². The summed E-state index contributed by atoms with van der Waals surface area (Å²) in [4.78, 5) is 13.5. The molecule has 4 N–H and O–H groups in total. The Morgan fingerprint density at radius 3 is 2.89 bits per heavy atom. The first kappa shape index (κ1) is 13.7. The van der Waals surface area contributed by atoms with E-state index in [1.165, 1.54) is 6.07 Å². The second kappa shape index (κ2) is 5.48. The Hall–Kier alpha value is -1.75. The van der Waals surface area contributed by atoms with Gasteiger partial charge in [0.05, 0.1) is 5.56 Å². The monoisotopic (exact) mass is 263 g/mol. The van der Waals surface area contributed by atoms with Gasteiger partial charge in [-0.2, -0.15) is 0 Å². The van der Waals surface area contributed by atoms with Crippen LogP contribution in [0.3, 0.4) is 0 Å². The highest BCUT2D eigenvalue weighted by molar-refractivity contribution is 5.95. The number of nitrogens with two attached hydrogens (primary N) is 1. The molecule has 104 valence electrons. The minimum atomic E-state index is -0.949. The summed E-state index contributed by atoms with van der Waals surface area (Å²) in [5, 5.41) is 12.6. The van der Waals surface area contributed by atoms with E-state index in [2.05, 4.69) is 24.2 Å². The predicted molar refractivity (Wildman–Crippen MR) is 76.5 cm³/mol. The fourth-order valence-electron chi connectivity index (χ4n) is 2.63. The van der Waals surface area contributed by atoms with Gasteiger partial charge in [-0.3, -0.25) is 0 Å². The Morgan fingerprint density at radius 2 is 2.26 bits per heavy atom. The number of nitrogens with one attached hydrogen (secondary N) is 1. The Labute approximate surface area is 113 Å². The lowest BCUT2D eigenvalue weighted by atomic mass is 9.93. The quantitative estimate of drug-likeness (QED) is 0.724. The van der Waals surface area contributed by atoms with Crippen LogP contribution in [0.5, 0.6) is 0 Å². The molecular formula is C14H21N3O2. The van der Waals surface area contributed by atoms with Gasteiger partial charge < -0.3 is 21.1 Å². The molecule has 2 unspecified atom stereocenters. The van der Waals surface area contributed by atoms with Crippen LogP contribution in [0, 0.1) is 5.92 Å². The van der Waals surface area contributed by atoms with Gasteiger partial charge in [0, 0.05) is 24.0 Å². The SMILES string of the molecule is CC1CN(C)CCC1Nc1ccc(N)cc1C(=O)O. The molecule has 0 amide bonds. The van der Waals surface area contributed by atoms with E-state index in [4.69, 9.17) is 5.73 Å². The summed E-state index contributed by atoms with van der Waals surface area (Å²) in [6.45, 7) is 4.24. The van der Waals surface area contributed by atoms with Crippen molar-refractivity contribution >= 4 is 17.3 Å². The van der Waals surface area contributed by atoms with Crippen LogP contribution in [0.1, 0.15) is 23.7 Å². The average Bonchev–Trinajstić information content (AvgIpc) is 2.34. The molecule has 0 spiro atoms. The van der Waals surface area contributed by atoms with Gasteiger partial charge in [-0.05, 0) is 44.1 Å². The molecule has 5 heteroatoms. The largest absolute Gasteiger partial charge is 0.478 e. The number of benzene rings is 1. The molecular weight excluding hydrogens is 242 g/mol. The highest BCUT2D eigenvalue weighted by Gasteiger charge is 2.25. The molecule has 1 aliphatic heterocycles. The number of aromatic carboxylic acids is 1. The topological polar surface area (TPSA) is 78.6 Å². The van der Waals surface area contributed by atoms with Gasteiger partial charge >= 0.3 is 5.97 Å². The molecule has 2 atom stereocenters. The highest BCUT2D eigenvalue weighted by atomic mass is 16.4. The molecule has 2 rings (SSSR count). The Balaban J connectivity index is 2.17. The molecule has 1 heterocycles. The summed E-state index contributed by atoms with van der Waals surface area (Å²) in [6, 6.07) is 5.29. The molecule has 1 aromatic rings. The van der Waals surface area contributed by atoms with Gasteiger partial charge in [-0.25, -0.2) is 4.79 Å². The van der Waals surface area contributed by atoms with Crippen LogP contribution in [0.15, 0.2) is 18.2 Å². The van der Waals surface area contributed by atoms with E-state index in [1.807, 2.05) is 0 Å². The fourth-order valence-corrected chi connectivity index (χ4v) is 2.63. The van der Waals surface area contributed by atoms with Crippen molar-refractivity contribution < 1.29 is 9.90 Å². The van der Waals surface area contributed by atoms with E-state index in [9.17, 15) is 9.90 Å². The smallest absolute Gasteiger partial charge is 0.337 e. The van der Waals surface area contributed by atoms with Crippen LogP contribution >= 0.6 is 0 Å². The van der Waals surface area contributed by atoms with E-state index in [1.54, 1.807) is 12.1 Å². The number of rotatable bonds is 3. The number of nitrogens with zero attached hydrogens (tertiary/aromatic N) is 1. The number of likely N-dealkylation sites (tertiary alicyclic amines) is 1. The second-order valence-electron chi connectivity index (χ2n) is 5.39. The molecule has 0 radical (unpaired) electrons. The molecule has 5 nitrogen and oxygen atoms in total. The normalized spacial score (nSPS) is 24.1. The van der Waals surface area contributed by atoms with Gasteiger partial charge in [-0.15, -0.1) is 0 Å². The lowest BCUT2D eigenvalue weighted by Crippen LogP contribution is -2.43. The standard InChI is InChI=1S/C14H21N3O2/c1-9-8-17(2)6-5-12(9)16-13-4-3-10(15)7-11(13)14(18)19/h3-4,7,9,12,16H,5-6,8,15H2,1-2H3,(H,18,19). The van der Waals surface area contributed by atoms with Gasteiger partial charge in [0.25, 0.3) is 0 Å². The number of hydrogen-bond acceptors (Lipinski definition) is 4. The lowest BCUT2D eigenvalue weighted by Gasteiger charge is -2.36. The molecule has 0 aromatic heterocycles. The van der Waals surface area contributed by atoms with Crippen molar-refractivity contribution in [1.82, 2.24) is 4.90 Å². The summed E-state index contributed by atoms with van der Waals surface area (Å²) in [6.07, 6.45) is 1.01. The minimum absolute atomic E-state index is 0.242. The first-order valence-electron chi connectivity index (χ1n) is 6.55. The van der Waals surface area contributed by atoms with Crippen molar-refractivity contribution in [2.24, 2.45) is 5.92 Å². The molecule has 0 bridgehead atoms. The molecule has 1 aliphatic rings. The number of carbonyl (C=O) groups is 1. The van der Waals surface area contributed by atoms with Crippen molar-refractivity contribution in [3.05, 3.63) is 23.8 Å². The number of carboxylic acid groups (broad SMARTS) is 1. The van der Waals surface area contributed by atoms with E-state index in [-0.39, 0.29) is 5.56 Å². The van der Waals surface area contributed by atoms with Crippen molar-refractivity contribution in [3.63, 3.8) is 0 Å². The zero-order chi connectivity index (χ0) is 14.0. The van der Waals surface area contributed by atoms with Crippen LogP contribution in [0.4, 0.5) is 11.4 Å². The third-order valence-electron chi connectivity index (χ3n) is 3.72. The molecule has 0 aliphatic carbocycles. The van der Waals surface area contributed by atoms with E-state index < -0.39 is 5.97 Å². The number of nitrogen functional groups attached to an aromatic ring is 1. The van der Waals surface area contributed by atoms with Crippen molar-refractivity contribution in [1.29, 1.82) is 0 Å². The fraction of sp³-hybridized carbons (Fsp3) is 0.500. The molecule has 1 aromatic carbocycles. The maximum Gasteiger partial charge on any atom is 0.337 e. The van der Waals surface area contributed by atoms with Crippen LogP contribution in [-0.4, -0.2) is 42.2 Å². The van der Waals surface area contributed by atoms with Gasteiger partial charge in [-0.1, -0.05) is 6.92 Å². The van der Waals surface area contributed by atoms with E-state index in [0.717, 1.165) is 19.5 Å². The molecule has 0 saturated carbocycles. The summed E-state index contributed by atoms with van der Waals surface area (Å²) in [5.41, 5.74) is 7.02. The molecule has 1 fully saturated rings. The van der Waals surface area contributed by atoms with Gasteiger partial charge in [0.2, 0.25) is 0 Å². The van der Waals surface area contributed by atoms with Crippen LogP contribution in [-0.2, 0) is 0 Å². The maximum atomic E-state index is 11.2. The third-order valence-corrected chi connectivity index (χ3v) is 3.72. The second-order valence-corrected chi connectivity index (χ2v) is 5.39. The Morgan fingerprint density at radius 1 is 1.53 bits per heavy atom. The number of anilines is 2. The lowest BCUT2D eigenvalue weighted by molar-refractivity contribution is 0.0698. The number of hydrogen-bond donors (Lipinski definition) is 3. The van der Waals surface area contributed by atoms with Gasteiger partial charge in [0.1, 0.15) is 0 Å². The Kier molecular flexibility index (Phi) is 3.95. The van der Waals surface area contributed by atoms with Crippen molar-refractivity contribution in [3.8, 4) is 0 Å². The van der Waals surface area contributed by atoms with Crippen LogP contribution in [0.2, 0.25) is 0 Å². The van der Waals surface area contributed by atoms with Crippen molar-refractivity contribution in [2.75, 3.05) is 31.2 Å². The predicted octanol–water partition coefficient (Wildman–Crippen LogP) is 1.72. The summed E-state index contributed by atoms with van der Waals surface area (Å²) in [5.74, 6) is -0.465. The van der Waals surface area contributed by atoms with E-state index >= 15 is 0 Å².